The fourth-order valence-corrected chi connectivity index (χ4v) is 4.65. The summed E-state index contributed by atoms with van der Waals surface area (Å²) in [5.74, 6) is 0. The first kappa shape index (κ1) is 15.5. The highest BCUT2D eigenvalue weighted by Crippen LogP contribution is 2.39. The van der Waals surface area contributed by atoms with Gasteiger partial charge in [-0.1, -0.05) is 34.5 Å². The van der Waals surface area contributed by atoms with Crippen molar-refractivity contribution in [3.05, 3.63) is 38.3 Å². The van der Waals surface area contributed by atoms with Crippen LogP contribution in [-0.4, -0.2) is 11.5 Å². The molecule has 1 heterocycles. The van der Waals surface area contributed by atoms with Gasteiger partial charge in [0.1, 0.15) is 5.01 Å². The van der Waals surface area contributed by atoms with Gasteiger partial charge < -0.3 is 5.32 Å². The minimum absolute atomic E-state index is 0.414. The van der Waals surface area contributed by atoms with E-state index in [1.165, 1.54) is 23.4 Å². The van der Waals surface area contributed by atoms with Crippen LogP contribution >= 0.6 is 38.9 Å². The smallest absolute Gasteiger partial charge is 0.125 e. The maximum absolute atomic E-state index is 6.13. The molecule has 0 spiro atoms. The van der Waals surface area contributed by atoms with Gasteiger partial charge in [-0.05, 0) is 50.4 Å². The van der Waals surface area contributed by atoms with Gasteiger partial charge in [0.2, 0.25) is 0 Å². The van der Waals surface area contributed by atoms with Crippen LogP contribution in [0.15, 0.2) is 22.7 Å². The molecule has 1 N–H and O–H groups in total. The number of halogens is 2. The van der Waals surface area contributed by atoms with Crippen molar-refractivity contribution in [3.63, 3.8) is 0 Å². The van der Waals surface area contributed by atoms with Gasteiger partial charge in [0.05, 0.1) is 11.7 Å². The molecule has 1 aliphatic rings. The quantitative estimate of drug-likeness (QED) is 0.740. The number of rotatable bonds is 4. The molecule has 0 amide bonds. The summed E-state index contributed by atoms with van der Waals surface area (Å²) in [6, 6.07) is 6.29. The highest BCUT2D eigenvalue weighted by Gasteiger charge is 2.25. The molecule has 5 heteroatoms. The van der Waals surface area contributed by atoms with E-state index in [0.29, 0.717) is 6.04 Å². The van der Waals surface area contributed by atoms with E-state index in [0.717, 1.165) is 39.5 Å². The lowest BCUT2D eigenvalue weighted by Gasteiger charge is -2.22. The second-order valence-electron chi connectivity index (χ2n) is 5.35. The number of aromatic nitrogens is 1. The Morgan fingerprint density at radius 1 is 1.48 bits per heavy atom. The van der Waals surface area contributed by atoms with Crippen LogP contribution < -0.4 is 5.32 Å². The Hall–Kier alpha value is -0.420. The monoisotopic (exact) mass is 384 g/mol. The minimum Gasteiger partial charge on any atom is -0.309 e. The van der Waals surface area contributed by atoms with E-state index >= 15 is 0 Å². The fourth-order valence-electron chi connectivity index (χ4n) is 2.71. The molecule has 21 heavy (non-hydrogen) atoms. The van der Waals surface area contributed by atoms with E-state index in [4.69, 9.17) is 16.6 Å². The van der Waals surface area contributed by atoms with Crippen molar-refractivity contribution >= 4 is 38.9 Å². The number of fused-ring (bicyclic) bond motifs is 1. The van der Waals surface area contributed by atoms with Crippen LogP contribution in [0.3, 0.4) is 0 Å². The molecule has 112 valence electrons. The van der Waals surface area contributed by atoms with Crippen molar-refractivity contribution in [1.29, 1.82) is 0 Å². The van der Waals surface area contributed by atoms with E-state index in [1.54, 1.807) is 0 Å². The Balaban J connectivity index is 1.96. The van der Waals surface area contributed by atoms with Crippen molar-refractivity contribution in [2.24, 2.45) is 0 Å². The zero-order chi connectivity index (χ0) is 14.8. The summed E-state index contributed by atoms with van der Waals surface area (Å²) in [5.41, 5.74) is 2.35. The normalized spacial score (nSPS) is 17.8. The molecule has 1 unspecified atom stereocenters. The van der Waals surface area contributed by atoms with Crippen molar-refractivity contribution in [3.8, 4) is 10.6 Å². The number of nitrogens with one attached hydrogen (secondary N) is 1. The summed E-state index contributed by atoms with van der Waals surface area (Å²) >= 11 is 11.6. The maximum Gasteiger partial charge on any atom is 0.125 e. The predicted octanol–water partition coefficient (Wildman–Crippen LogP) is 5.60. The first-order valence-corrected chi connectivity index (χ1v) is 9.36. The molecule has 3 rings (SSSR count). The average Bonchev–Trinajstić information content (AvgIpc) is 2.92. The molecule has 2 aromatic rings. The molecule has 0 radical (unpaired) electrons. The van der Waals surface area contributed by atoms with Gasteiger partial charge >= 0.3 is 0 Å². The molecule has 1 aliphatic carbocycles. The first-order valence-electron chi connectivity index (χ1n) is 7.37. The van der Waals surface area contributed by atoms with Crippen LogP contribution in [0, 0.1) is 0 Å². The van der Waals surface area contributed by atoms with E-state index in [9.17, 15) is 0 Å². The largest absolute Gasteiger partial charge is 0.309 e. The topological polar surface area (TPSA) is 24.9 Å². The molecular formula is C16H18BrClN2S. The lowest BCUT2D eigenvalue weighted by atomic mass is 9.97. The Labute approximate surface area is 143 Å². The summed E-state index contributed by atoms with van der Waals surface area (Å²) in [6.45, 7) is 3.25. The third kappa shape index (κ3) is 3.34. The SMILES string of the molecule is CCCNC1CCCc2sc(-c3cc(Cl)ccc3Br)nc21. The second kappa shape index (κ2) is 6.78. The van der Waals surface area contributed by atoms with Gasteiger partial charge in [-0.3, -0.25) is 0 Å². The predicted molar refractivity (Wildman–Crippen MR) is 94.2 cm³/mol. The highest BCUT2D eigenvalue weighted by atomic mass is 79.9. The number of aryl methyl sites for hydroxylation is 1. The van der Waals surface area contributed by atoms with E-state index < -0.39 is 0 Å². The first-order chi connectivity index (χ1) is 10.2. The highest BCUT2D eigenvalue weighted by molar-refractivity contribution is 9.10. The van der Waals surface area contributed by atoms with E-state index in [1.807, 2.05) is 29.5 Å². The fraction of sp³-hybridized carbons (Fsp3) is 0.438. The van der Waals surface area contributed by atoms with Crippen LogP contribution in [0.2, 0.25) is 5.02 Å². The number of nitrogens with zero attached hydrogens (tertiary/aromatic N) is 1. The summed E-state index contributed by atoms with van der Waals surface area (Å²) in [4.78, 5) is 6.35. The summed E-state index contributed by atoms with van der Waals surface area (Å²) in [7, 11) is 0. The lowest BCUT2D eigenvalue weighted by molar-refractivity contribution is 0.454. The van der Waals surface area contributed by atoms with Crippen LogP contribution in [0.5, 0.6) is 0 Å². The molecule has 2 nitrogen and oxygen atoms in total. The van der Waals surface area contributed by atoms with Gasteiger partial charge in [-0.15, -0.1) is 11.3 Å². The number of thiazole rings is 1. The molecule has 1 aromatic heterocycles. The van der Waals surface area contributed by atoms with Crippen LogP contribution in [-0.2, 0) is 6.42 Å². The van der Waals surface area contributed by atoms with Gasteiger partial charge in [-0.25, -0.2) is 4.98 Å². The summed E-state index contributed by atoms with van der Waals surface area (Å²) in [5, 5.41) is 5.45. The molecule has 1 aromatic carbocycles. The van der Waals surface area contributed by atoms with Crippen molar-refractivity contribution in [2.45, 2.75) is 38.6 Å². The average molecular weight is 386 g/mol. The Kier molecular flexibility index (Phi) is 4.99. The molecule has 0 bridgehead atoms. The molecule has 1 atom stereocenters. The summed E-state index contributed by atoms with van der Waals surface area (Å²) < 4.78 is 1.05. The van der Waals surface area contributed by atoms with E-state index in [2.05, 4.69) is 28.2 Å². The third-order valence-corrected chi connectivity index (χ3v) is 5.84. The Morgan fingerprint density at radius 3 is 3.14 bits per heavy atom. The molecule has 0 fully saturated rings. The van der Waals surface area contributed by atoms with E-state index in [-0.39, 0.29) is 0 Å². The Morgan fingerprint density at radius 2 is 2.33 bits per heavy atom. The van der Waals surface area contributed by atoms with Crippen molar-refractivity contribution in [1.82, 2.24) is 10.3 Å². The number of hydrogen-bond donors (Lipinski definition) is 1. The Bertz CT molecular complexity index is 641. The van der Waals surface area contributed by atoms with Crippen molar-refractivity contribution < 1.29 is 0 Å². The second-order valence-corrected chi connectivity index (χ2v) is 7.72. The minimum atomic E-state index is 0.414. The number of hydrogen-bond acceptors (Lipinski definition) is 3. The third-order valence-electron chi connectivity index (χ3n) is 3.75. The zero-order valence-corrected chi connectivity index (χ0v) is 15.1. The lowest BCUT2D eigenvalue weighted by Crippen LogP contribution is -2.25. The maximum atomic E-state index is 6.13. The van der Waals surface area contributed by atoms with Gasteiger partial charge in [0, 0.05) is 19.9 Å². The van der Waals surface area contributed by atoms with Crippen LogP contribution in [0.4, 0.5) is 0 Å². The number of benzene rings is 1. The zero-order valence-electron chi connectivity index (χ0n) is 12.0. The van der Waals surface area contributed by atoms with Crippen molar-refractivity contribution in [2.75, 3.05) is 6.54 Å². The van der Waals surface area contributed by atoms with Crippen LogP contribution in [0.25, 0.3) is 10.6 Å². The van der Waals surface area contributed by atoms with Gasteiger partial charge in [0.25, 0.3) is 0 Å². The van der Waals surface area contributed by atoms with Gasteiger partial charge in [-0.2, -0.15) is 0 Å². The molecular weight excluding hydrogens is 368 g/mol. The molecule has 0 saturated carbocycles. The molecule has 0 aliphatic heterocycles. The standard InChI is InChI=1S/C16H18BrClN2S/c1-2-8-19-13-4-3-5-14-15(13)20-16(21-14)11-9-10(18)6-7-12(11)17/h6-7,9,13,19H,2-5,8H2,1H3. The summed E-state index contributed by atoms with van der Waals surface area (Å²) in [6.07, 6.45) is 4.73. The van der Waals surface area contributed by atoms with Crippen LogP contribution in [0.1, 0.15) is 42.8 Å². The molecule has 0 saturated heterocycles. The van der Waals surface area contributed by atoms with Gasteiger partial charge in [0.15, 0.2) is 0 Å².